The Bertz CT molecular complexity index is 913. The lowest BCUT2D eigenvalue weighted by atomic mass is 10.1. The van der Waals surface area contributed by atoms with Crippen molar-refractivity contribution in [1.29, 1.82) is 0 Å². The van der Waals surface area contributed by atoms with E-state index < -0.39 is 0 Å². The second-order valence-corrected chi connectivity index (χ2v) is 7.27. The first-order valence-corrected chi connectivity index (χ1v) is 8.38. The highest BCUT2D eigenvalue weighted by molar-refractivity contribution is 6.30. The number of fused-ring (bicyclic) bond motifs is 1. The van der Waals surface area contributed by atoms with Gasteiger partial charge < -0.3 is 14.8 Å². The van der Waals surface area contributed by atoms with E-state index >= 15 is 0 Å². The fourth-order valence-corrected chi connectivity index (χ4v) is 2.84. The number of ether oxygens (including phenoxy) is 2. The van der Waals surface area contributed by atoms with Crippen LogP contribution in [0, 0.1) is 0 Å². The van der Waals surface area contributed by atoms with Gasteiger partial charge in [-0.15, -0.1) is 0 Å². The van der Waals surface area contributed by atoms with E-state index in [2.05, 4.69) is 26.1 Å². The Morgan fingerprint density at radius 3 is 2.40 bits per heavy atom. The van der Waals surface area contributed by atoms with Crippen LogP contribution in [0.25, 0.3) is 16.9 Å². The fourth-order valence-electron chi connectivity index (χ4n) is 2.68. The molecule has 0 aliphatic rings. The lowest BCUT2D eigenvalue weighted by Gasteiger charge is -2.22. The highest BCUT2D eigenvalue weighted by Crippen LogP contribution is 2.36. The molecule has 0 spiro atoms. The summed E-state index contributed by atoms with van der Waals surface area (Å²) in [5, 5.41) is 4.19. The third kappa shape index (κ3) is 3.51. The predicted molar refractivity (Wildman–Crippen MR) is 102 cm³/mol. The van der Waals surface area contributed by atoms with E-state index in [9.17, 15) is 0 Å². The Kier molecular flexibility index (Phi) is 4.52. The van der Waals surface area contributed by atoms with E-state index in [1.165, 1.54) is 0 Å². The first-order chi connectivity index (χ1) is 11.8. The number of hydrogen-bond donors (Lipinski definition) is 1. The molecule has 132 valence electrons. The van der Waals surface area contributed by atoms with Crippen molar-refractivity contribution in [2.45, 2.75) is 26.3 Å². The molecule has 0 atom stereocenters. The zero-order valence-electron chi connectivity index (χ0n) is 15.1. The van der Waals surface area contributed by atoms with Crippen molar-refractivity contribution in [1.82, 2.24) is 9.38 Å². The third-order valence-electron chi connectivity index (χ3n) is 3.73. The van der Waals surface area contributed by atoms with Crippen LogP contribution >= 0.6 is 11.6 Å². The smallest absolute Gasteiger partial charge is 0.161 e. The molecular weight excluding hydrogens is 338 g/mol. The van der Waals surface area contributed by atoms with E-state index in [0.717, 1.165) is 22.7 Å². The zero-order valence-corrected chi connectivity index (χ0v) is 15.8. The van der Waals surface area contributed by atoms with Crippen LogP contribution in [0.4, 0.5) is 5.82 Å². The second kappa shape index (κ2) is 6.48. The molecule has 0 radical (unpaired) electrons. The van der Waals surface area contributed by atoms with Gasteiger partial charge in [0.1, 0.15) is 17.2 Å². The van der Waals surface area contributed by atoms with Crippen LogP contribution < -0.4 is 14.8 Å². The highest BCUT2D eigenvalue weighted by Gasteiger charge is 2.20. The summed E-state index contributed by atoms with van der Waals surface area (Å²) < 4.78 is 12.7. The molecule has 0 unspecified atom stereocenters. The van der Waals surface area contributed by atoms with Crippen molar-refractivity contribution in [3.05, 3.63) is 41.6 Å². The molecular formula is C19H22ClN3O2. The first kappa shape index (κ1) is 17.4. The van der Waals surface area contributed by atoms with Crippen molar-refractivity contribution in [2.24, 2.45) is 0 Å². The van der Waals surface area contributed by atoms with E-state index in [0.29, 0.717) is 16.5 Å². The van der Waals surface area contributed by atoms with Gasteiger partial charge in [0.15, 0.2) is 11.5 Å². The Morgan fingerprint density at radius 2 is 1.76 bits per heavy atom. The largest absolute Gasteiger partial charge is 0.493 e. The number of anilines is 1. The van der Waals surface area contributed by atoms with E-state index in [1.807, 2.05) is 40.9 Å². The van der Waals surface area contributed by atoms with Crippen LogP contribution in [-0.4, -0.2) is 29.1 Å². The lowest BCUT2D eigenvalue weighted by molar-refractivity contribution is 0.355. The van der Waals surface area contributed by atoms with Gasteiger partial charge in [-0.05, 0) is 51.1 Å². The summed E-state index contributed by atoms with van der Waals surface area (Å²) in [6.45, 7) is 6.32. The van der Waals surface area contributed by atoms with Crippen molar-refractivity contribution in [2.75, 3.05) is 19.5 Å². The number of methoxy groups -OCH3 is 2. The molecule has 6 heteroatoms. The SMILES string of the molecule is COc1ccc(-c2nc3ccc(Cl)cn3c2NC(C)(C)C)cc1OC. The average Bonchev–Trinajstić information content (AvgIpc) is 2.90. The van der Waals surface area contributed by atoms with Gasteiger partial charge in [0.05, 0.1) is 19.2 Å². The summed E-state index contributed by atoms with van der Waals surface area (Å²) >= 11 is 6.19. The van der Waals surface area contributed by atoms with Crippen LogP contribution in [0.2, 0.25) is 5.02 Å². The number of benzene rings is 1. The Labute approximate surface area is 152 Å². The summed E-state index contributed by atoms with van der Waals surface area (Å²) in [4.78, 5) is 4.78. The molecule has 25 heavy (non-hydrogen) atoms. The molecule has 1 N–H and O–H groups in total. The molecule has 0 fully saturated rings. The minimum atomic E-state index is -0.135. The van der Waals surface area contributed by atoms with E-state index in [4.69, 9.17) is 26.1 Å². The molecule has 0 amide bonds. The van der Waals surface area contributed by atoms with Crippen LogP contribution in [-0.2, 0) is 0 Å². The maximum Gasteiger partial charge on any atom is 0.161 e. The van der Waals surface area contributed by atoms with Gasteiger partial charge >= 0.3 is 0 Å². The number of imidazole rings is 1. The predicted octanol–water partition coefficient (Wildman–Crippen LogP) is 4.88. The van der Waals surface area contributed by atoms with Gasteiger partial charge in [0, 0.05) is 17.3 Å². The Hall–Kier alpha value is -2.40. The minimum absolute atomic E-state index is 0.135. The van der Waals surface area contributed by atoms with Crippen molar-refractivity contribution < 1.29 is 9.47 Å². The van der Waals surface area contributed by atoms with Gasteiger partial charge in [-0.3, -0.25) is 4.40 Å². The van der Waals surface area contributed by atoms with Crippen LogP contribution in [0.3, 0.4) is 0 Å². The standard InChI is InChI=1S/C19H22ClN3O2/c1-19(2,3)22-18-17(21-16-9-7-13(20)11-23(16)18)12-6-8-14(24-4)15(10-12)25-5/h6-11,22H,1-5H3. The molecule has 2 aromatic heterocycles. The van der Waals surface area contributed by atoms with Gasteiger partial charge in [-0.1, -0.05) is 11.6 Å². The second-order valence-electron chi connectivity index (χ2n) is 6.83. The molecule has 3 rings (SSSR count). The summed E-state index contributed by atoms with van der Waals surface area (Å²) in [6.07, 6.45) is 1.86. The normalized spacial score (nSPS) is 11.6. The number of halogens is 1. The quantitative estimate of drug-likeness (QED) is 0.721. The summed E-state index contributed by atoms with van der Waals surface area (Å²) in [6, 6.07) is 9.52. The van der Waals surface area contributed by atoms with Gasteiger partial charge in [0.25, 0.3) is 0 Å². The lowest BCUT2D eigenvalue weighted by Crippen LogP contribution is -2.27. The molecule has 2 heterocycles. The maximum absolute atomic E-state index is 6.19. The number of pyridine rings is 1. The summed E-state index contributed by atoms with van der Waals surface area (Å²) in [7, 11) is 3.25. The molecule has 0 bridgehead atoms. The molecule has 0 aliphatic carbocycles. The van der Waals surface area contributed by atoms with Gasteiger partial charge in [-0.25, -0.2) is 4.98 Å². The van der Waals surface area contributed by atoms with Crippen molar-refractivity contribution in [3.8, 4) is 22.8 Å². The summed E-state index contributed by atoms with van der Waals surface area (Å²) in [5.74, 6) is 2.23. The number of rotatable bonds is 4. The highest BCUT2D eigenvalue weighted by atomic mass is 35.5. The fraction of sp³-hybridized carbons (Fsp3) is 0.316. The molecule has 0 saturated carbocycles. The van der Waals surface area contributed by atoms with Crippen molar-refractivity contribution >= 4 is 23.1 Å². The number of hydrogen-bond acceptors (Lipinski definition) is 4. The molecule has 3 aromatic rings. The molecule has 0 aliphatic heterocycles. The van der Waals surface area contributed by atoms with Gasteiger partial charge in [0.2, 0.25) is 0 Å². The van der Waals surface area contributed by atoms with Crippen molar-refractivity contribution in [3.63, 3.8) is 0 Å². The molecule has 0 saturated heterocycles. The average molecular weight is 360 g/mol. The van der Waals surface area contributed by atoms with E-state index in [-0.39, 0.29) is 5.54 Å². The number of nitrogens with zero attached hydrogens (tertiary/aromatic N) is 2. The topological polar surface area (TPSA) is 47.8 Å². The number of nitrogens with one attached hydrogen (secondary N) is 1. The molecule has 1 aromatic carbocycles. The zero-order chi connectivity index (χ0) is 18.2. The Morgan fingerprint density at radius 1 is 1.04 bits per heavy atom. The maximum atomic E-state index is 6.19. The van der Waals surface area contributed by atoms with Crippen LogP contribution in [0.15, 0.2) is 36.5 Å². The third-order valence-corrected chi connectivity index (χ3v) is 3.96. The van der Waals surface area contributed by atoms with Crippen LogP contribution in [0.1, 0.15) is 20.8 Å². The first-order valence-electron chi connectivity index (χ1n) is 8.00. The monoisotopic (exact) mass is 359 g/mol. The summed E-state index contributed by atoms with van der Waals surface area (Å²) in [5.41, 5.74) is 2.45. The Balaban J connectivity index is 2.23. The number of aromatic nitrogens is 2. The molecule has 5 nitrogen and oxygen atoms in total. The van der Waals surface area contributed by atoms with Gasteiger partial charge in [-0.2, -0.15) is 0 Å². The van der Waals surface area contributed by atoms with Crippen LogP contribution in [0.5, 0.6) is 11.5 Å². The minimum Gasteiger partial charge on any atom is -0.493 e. The van der Waals surface area contributed by atoms with E-state index in [1.54, 1.807) is 14.2 Å².